The number of aromatic nitrogens is 1. The van der Waals surface area contributed by atoms with Crippen LogP contribution in [0, 0.1) is 19.8 Å². The molecule has 1 atom stereocenters. The predicted octanol–water partition coefficient (Wildman–Crippen LogP) is 2.30. The molecular weight excluding hydrogens is 322 g/mol. The number of nitrogens with two attached hydrogens (primary N) is 1. The van der Waals surface area contributed by atoms with Crippen molar-refractivity contribution in [1.29, 1.82) is 0 Å². The molecule has 0 bridgehead atoms. The van der Waals surface area contributed by atoms with Crippen molar-refractivity contribution in [3.8, 4) is 11.3 Å². The predicted molar refractivity (Wildman–Crippen MR) is 94.6 cm³/mol. The molecule has 1 aliphatic rings. The van der Waals surface area contributed by atoms with E-state index in [0.29, 0.717) is 25.9 Å². The lowest BCUT2D eigenvalue weighted by molar-refractivity contribution is -0.129. The molecule has 5 nitrogen and oxygen atoms in total. The van der Waals surface area contributed by atoms with E-state index in [0.717, 1.165) is 21.1 Å². The van der Waals surface area contributed by atoms with Crippen molar-refractivity contribution < 1.29 is 9.59 Å². The molecule has 2 N–H and O–H groups in total. The fraction of sp³-hybridized carbons (Fsp3) is 0.389. The summed E-state index contributed by atoms with van der Waals surface area (Å²) in [4.78, 5) is 31.2. The highest BCUT2D eigenvalue weighted by molar-refractivity contribution is 7.12. The van der Waals surface area contributed by atoms with Crippen LogP contribution in [0.1, 0.15) is 21.9 Å². The Morgan fingerprint density at radius 2 is 2.00 bits per heavy atom. The second kappa shape index (κ2) is 6.73. The Hall–Kier alpha value is -2.21. The number of amides is 2. The minimum Gasteiger partial charge on any atom is -0.369 e. The summed E-state index contributed by atoms with van der Waals surface area (Å²) in [6.45, 7) is 5.04. The van der Waals surface area contributed by atoms with Gasteiger partial charge in [0, 0.05) is 23.5 Å². The number of rotatable bonds is 4. The van der Waals surface area contributed by atoms with E-state index in [9.17, 15) is 9.59 Å². The van der Waals surface area contributed by atoms with Crippen LogP contribution in [0.25, 0.3) is 11.3 Å². The van der Waals surface area contributed by atoms with Gasteiger partial charge in [-0.25, -0.2) is 4.98 Å². The highest BCUT2D eigenvalue weighted by Crippen LogP contribution is 2.29. The van der Waals surface area contributed by atoms with Crippen molar-refractivity contribution in [2.45, 2.75) is 26.7 Å². The van der Waals surface area contributed by atoms with E-state index in [2.05, 4.69) is 4.98 Å². The van der Waals surface area contributed by atoms with Gasteiger partial charge in [-0.3, -0.25) is 9.59 Å². The summed E-state index contributed by atoms with van der Waals surface area (Å²) in [5, 5.41) is 0.949. The number of primary amides is 1. The standard InChI is InChI=1S/C18H21N3O2S/c1-11-3-5-13(6-4-11)17-15(24-12(2)20-17)9-16(22)21-8-7-14(10-21)18(19)23/h3-6,14H,7-10H2,1-2H3,(H2,19,23). The normalized spacial score (nSPS) is 17.2. The van der Waals surface area contributed by atoms with Crippen LogP contribution in [0.15, 0.2) is 24.3 Å². The van der Waals surface area contributed by atoms with Gasteiger partial charge in [-0.15, -0.1) is 11.3 Å². The summed E-state index contributed by atoms with van der Waals surface area (Å²) >= 11 is 1.56. The topological polar surface area (TPSA) is 76.3 Å². The van der Waals surface area contributed by atoms with Crippen LogP contribution < -0.4 is 5.73 Å². The second-order valence-electron chi connectivity index (χ2n) is 6.28. The smallest absolute Gasteiger partial charge is 0.227 e. The molecule has 1 aromatic carbocycles. The number of aryl methyl sites for hydroxylation is 2. The van der Waals surface area contributed by atoms with E-state index in [1.54, 1.807) is 16.2 Å². The van der Waals surface area contributed by atoms with E-state index in [4.69, 9.17) is 5.73 Å². The first-order chi connectivity index (χ1) is 11.4. The number of nitrogens with zero attached hydrogens (tertiary/aromatic N) is 2. The third-order valence-corrected chi connectivity index (χ3v) is 5.36. The van der Waals surface area contributed by atoms with Crippen LogP contribution in [0.2, 0.25) is 0 Å². The van der Waals surface area contributed by atoms with Crippen LogP contribution >= 0.6 is 11.3 Å². The molecule has 2 amide bonds. The lowest BCUT2D eigenvalue weighted by Gasteiger charge is -2.15. The quantitative estimate of drug-likeness (QED) is 0.925. The van der Waals surface area contributed by atoms with Gasteiger partial charge in [0.25, 0.3) is 0 Å². The molecule has 24 heavy (non-hydrogen) atoms. The Balaban J connectivity index is 1.77. The fourth-order valence-electron chi connectivity index (χ4n) is 2.99. The maximum atomic E-state index is 12.6. The van der Waals surface area contributed by atoms with Crippen LogP contribution in [0.4, 0.5) is 0 Å². The van der Waals surface area contributed by atoms with Crippen molar-refractivity contribution in [3.05, 3.63) is 39.7 Å². The fourth-order valence-corrected chi connectivity index (χ4v) is 3.94. The number of hydrogen-bond acceptors (Lipinski definition) is 4. The van der Waals surface area contributed by atoms with Crippen molar-refractivity contribution in [3.63, 3.8) is 0 Å². The minimum absolute atomic E-state index is 0.0377. The summed E-state index contributed by atoms with van der Waals surface area (Å²) < 4.78 is 0. The number of benzene rings is 1. The molecule has 1 fully saturated rings. The van der Waals surface area contributed by atoms with Crippen molar-refractivity contribution in [1.82, 2.24) is 9.88 Å². The first kappa shape index (κ1) is 16.6. The summed E-state index contributed by atoms with van der Waals surface area (Å²) in [6.07, 6.45) is 0.980. The first-order valence-electron chi connectivity index (χ1n) is 8.04. The Morgan fingerprint density at radius 3 is 2.62 bits per heavy atom. The molecule has 2 heterocycles. The second-order valence-corrected chi connectivity index (χ2v) is 7.56. The van der Waals surface area contributed by atoms with Crippen molar-refractivity contribution >= 4 is 23.2 Å². The van der Waals surface area contributed by atoms with Gasteiger partial charge in [0.1, 0.15) is 0 Å². The summed E-state index contributed by atoms with van der Waals surface area (Å²) in [7, 11) is 0. The van der Waals surface area contributed by atoms with Crippen molar-refractivity contribution in [2.75, 3.05) is 13.1 Å². The van der Waals surface area contributed by atoms with Gasteiger partial charge in [0.15, 0.2) is 0 Å². The third-order valence-electron chi connectivity index (χ3n) is 4.38. The van der Waals surface area contributed by atoms with Crippen LogP contribution in [0.5, 0.6) is 0 Å². The highest BCUT2D eigenvalue weighted by atomic mass is 32.1. The maximum Gasteiger partial charge on any atom is 0.227 e. The summed E-state index contributed by atoms with van der Waals surface area (Å²) in [5.41, 5.74) is 8.45. The zero-order chi connectivity index (χ0) is 17.3. The molecule has 3 rings (SSSR count). The maximum absolute atomic E-state index is 12.6. The van der Waals surface area contributed by atoms with Gasteiger partial charge in [0.05, 0.1) is 23.0 Å². The molecule has 0 radical (unpaired) electrons. The Kier molecular flexibility index (Phi) is 4.66. The lowest BCUT2D eigenvalue weighted by atomic mass is 10.1. The van der Waals surface area contributed by atoms with Gasteiger partial charge in [0.2, 0.25) is 11.8 Å². The first-order valence-corrected chi connectivity index (χ1v) is 8.86. The Morgan fingerprint density at radius 1 is 1.29 bits per heavy atom. The molecule has 1 aromatic heterocycles. The highest BCUT2D eigenvalue weighted by Gasteiger charge is 2.30. The molecular formula is C18H21N3O2S. The van der Waals surface area contributed by atoms with E-state index < -0.39 is 0 Å². The van der Waals surface area contributed by atoms with E-state index >= 15 is 0 Å². The van der Waals surface area contributed by atoms with E-state index in [1.807, 2.05) is 38.1 Å². The molecule has 1 saturated heterocycles. The molecule has 1 aliphatic heterocycles. The Bertz CT molecular complexity index is 767. The molecule has 1 unspecified atom stereocenters. The van der Waals surface area contributed by atoms with Gasteiger partial charge in [-0.05, 0) is 20.3 Å². The zero-order valence-corrected chi connectivity index (χ0v) is 14.7. The largest absolute Gasteiger partial charge is 0.369 e. The molecule has 0 spiro atoms. The average molecular weight is 343 g/mol. The lowest BCUT2D eigenvalue weighted by Crippen LogP contribution is -2.32. The number of thiazole rings is 1. The molecule has 2 aromatic rings. The number of likely N-dealkylation sites (tertiary alicyclic amines) is 1. The molecule has 0 aliphatic carbocycles. The van der Waals surface area contributed by atoms with Gasteiger partial charge >= 0.3 is 0 Å². The van der Waals surface area contributed by atoms with Gasteiger partial charge < -0.3 is 10.6 Å². The van der Waals surface area contributed by atoms with Gasteiger partial charge in [-0.2, -0.15) is 0 Å². The molecule has 6 heteroatoms. The van der Waals surface area contributed by atoms with E-state index in [1.165, 1.54) is 5.56 Å². The van der Waals surface area contributed by atoms with Gasteiger partial charge in [-0.1, -0.05) is 29.8 Å². The SMILES string of the molecule is Cc1ccc(-c2nc(C)sc2CC(=O)N2CCC(C(N)=O)C2)cc1. The van der Waals surface area contributed by atoms with Crippen LogP contribution in [-0.2, 0) is 16.0 Å². The summed E-state index contributed by atoms with van der Waals surface area (Å²) in [5.74, 6) is -0.497. The zero-order valence-electron chi connectivity index (χ0n) is 13.9. The molecule has 126 valence electrons. The number of hydrogen-bond donors (Lipinski definition) is 1. The van der Waals surface area contributed by atoms with Crippen LogP contribution in [-0.4, -0.2) is 34.8 Å². The average Bonchev–Trinajstić information content (AvgIpc) is 3.15. The number of carbonyl (C=O) groups is 2. The Labute approximate surface area is 145 Å². The number of carbonyl (C=O) groups excluding carboxylic acids is 2. The summed E-state index contributed by atoms with van der Waals surface area (Å²) in [6, 6.07) is 8.18. The minimum atomic E-state index is -0.320. The van der Waals surface area contributed by atoms with E-state index in [-0.39, 0.29) is 17.7 Å². The molecule has 0 saturated carbocycles. The van der Waals surface area contributed by atoms with Crippen molar-refractivity contribution in [2.24, 2.45) is 11.7 Å². The van der Waals surface area contributed by atoms with Crippen LogP contribution in [0.3, 0.4) is 0 Å². The third kappa shape index (κ3) is 3.48. The monoisotopic (exact) mass is 343 g/mol.